The number of benzene rings is 1. The van der Waals surface area contributed by atoms with Gasteiger partial charge in [0.1, 0.15) is 6.04 Å². The van der Waals surface area contributed by atoms with Crippen molar-refractivity contribution in [3.8, 4) is 0 Å². The number of nitrogens with zero attached hydrogens (tertiary/aromatic N) is 2. The molecule has 0 spiro atoms. The first-order valence-corrected chi connectivity index (χ1v) is 9.27. The minimum Gasteiger partial charge on any atom is -0.352 e. The van der Waals surface area contributed by atoms with Crippen molar-refractivity contribution in [2.45, 2.75) is 32.4 Å². The predicted molar refractivity (Wildman–Crippen MR) is 98.8 cm³/mol. The molecule has 2 heterocycles. The predicted octanol–water partition coefficient (Wildman–Crippen LogP) is 2.02. The van der Waals surface area contributed by atoms with Gasteiger partial charge in [-0.05, 0) is 30.5 Å². The summed E-state index contributed by atoms with van der Waals surface area (Å²) in [4.78, 5) is 41.9. The van der Waals surface area contributed by atoms with Gasteiger partial charge < -0.3 is 15.5 Å². The minimum absolute atomic E-state index is 0.101. The lowest BCUT2D eigenvalue weighted by molar-refractivity contribution is -0.120. The molecule has 2 N–H and O–H groups in total. The van der Waals surface area contributed by atoms with Crippen molar-refractivity contribution in [2.24, 2.45) is 0 Å². The van der Waals surface area contributed by atoms with Gasteiger partial charge >= 0.3 is 0 Å². The van der Waals surface area contributed by atoms with E-state index in [2.05, 4.69) is 15.6 Å². The fourth-order valence-electron chi connectivity index (χ4n) is 2.91. The van der Waals surface area contributed by atoms with Crippen molar-refractivity contribution < 1.29 is 14.4 Å². The maximum atomic E-state index is 12.8. The number of nitrogens with one attached hydrogen (secondary N) is 2. The molecule has 8 heteroatoms. The zero-order chi connectivity index (χ0) is 18.5. The van der Waals surface area contributed by atoms with Gasteiger partial charge in [0.2, 0.25) is 11.8 Å². The highest BCUT2D eigenvalue weighted by molar-refractivity contribution is 7.13. The van der Waals surface area contributed by atoms with Crippen LogP contribution in [0.25, 0.3) is 0 Å². The van der Waals surface area contributed by atoms with E-state index in [9.17, 15) is 14.4 Å². The molecular weight excluding hydrogens is 352 g/mol. The molecule has 3 amide bonds. The van der Waals surface area contributed by atoms with E-state index in [1.165, 1.54) is 18.3 Å². The van der Waals surface area contributed by atoms with E-state index in [1.807, 2.05) is 12.1 Å². The van der Waals surface area contributed by atoms with Crippen LogP contribution in [0.4, 0.5) is 5.13 Å². The van der Waals surface area contributed by atoms with E-state index in [1.54, 1.807) is 28.6 Å². The Morgan fingerprint density at radius 3 is 2.69 bits per heavy atom. The number of carbonyl (C=O) groups is 3. The van der Waals surface area contributed by atoms with E-state index >= 15 is 0 Å². The second-order valence-electron chi connectivity index (χ2n) is 6.09. The number of rotatable bonds is 5. The second kappa shape index (κ2) is 8.09. The van der Waals surface area contributed by atoms with Crippen molar-refractivity contribution in [3.05, 3.63) is 47.0 Å². The molecule has 7 nitrogen and oxygen atoms in total. The van der Waals surface area contributed by atoms with E-state index in [0.717, 1.165) is 12.0 Å². The standard InChI is InChI=1S/C18H20N4O3S/c1-12(23)20-11-13-4-6-14(7-5-13)17(25)22-9-2-3-15(22)16(24)21-18-19-8-10-26-18/h4-8,10,15H,2-3,9,11H2,1H3,(H,20,23)(H,19,21,24). The van der Waals surface area contributed by atoms with Crippen molar-refractivity contribution in [2.75, 3.05) is 11.9 Å². The molecule has 1 aromatic carbocycles. The molecule has 0 aliphatic carbocycles. The molecule has 1 aliphatic heterocycles. The third-order valence-electron chi connectivity index (χ3n) is 4.22. The lowest BCUT2D eigenvalue weighted by Crippen LogP contribution is -2.43. The van der Waals surface area contributed by atoms with Gasteiger partial charge in [-0.1, -0.05) is 12.1 Å². The van der Waals surface area contributed by atoms with Gasteiger partial charge in [-0.3, -0.25) is 14.4 Å². The molecule has 0 radical (unpaired) electrons. The monoisotopic (exact) mass is 372 g/mol. The van der Waals surface area contributed by atoms with Gasteiger partial charge in [0.05, 0.1) is 0 Å². The molecule has 3 rings (SSSR count). The number of hydrogen-bond donors (Lipinski definition) is 2. The number of hydrogen-bond acceptors (Lipinski definition) is 5. The van der Waals surface area contributed by atoms with E-state index in [-0.39, 0.29) is 17.7 Å². The summed E-state index contributed by atoms with van der Waals surface area (Å²) < 4.78 is 0. The van der Waals surface area contributed by atoms with Gasteiger partial charge in [-0.15, -0.1) is 11.3 Å². The number of likely N-dealkylation sites (tertiary alicyclic amines) is 1. The van der Waals surface area contributed by atoms with Gasteiger partial charge in [0, 0.05) is 37.2 Å². The van der Waals surface area contributed by atoms with E-state index < -0.39 is 6.04 Å². The van der Waals surface area contributed by atoms with Crippen LogP contribution >= 0.6 is 11.3 Å². The van der Waals surface area contributed by atoms with Crippen molar-refractivity contribution in [1.82, 2.24) is 15.2 Å². The molecule has 2 aromatic rings. The minimum atomic E-state index is -0.481. The summed E-state index contributed by atoms with van der Waals surface area (Å²) in [6.07, 6.45) is 3.06. The summed E-state index contributed by atoms with van der Waals surface area (Å²) in [5.41, 5.74) is 1.45. The number of thiazole rings is 1. The first-order chi connectivity index (χ1) is 12.5. The molecular formula is C18H20N4O3S. The van der Waals surface area contributed by atoms with Crippen LogP contribution in [0.1, 0.15) is 35.7 Å². The molecule has 0 bridgehead atoms. The molecule has 0 saturated carbocycles. The highest BCUT2D eigenvalue weighted by Gasteiger charge is 2.34. The van der Waals surface area contributed by atoms with E-state index in [0.29, 0.717) is 30.2 Å². The normalized spacial score (nSPS) is 16.3. The largest absolute Gasteiger partial charge is 0.352 e. The van der Waals surface area contributed by atoms with Crippen molar-refractivity contribution in [3.63, 3.8) is 0 Å². The Hall–Kier alpha value is -2.74. The first kappa shape index (κ1) is 18.1. The zero-order valence-electron chi connectivity index (χ0n) is 14.4. The Balaban J connectivity index is 1.65. The quantitative estimate of drug-likeness (QED) is 0.840. The number of carbonyl (C=O) groups excluding carboxylic acids is 3. The van der Waals surface area contributed by atoms with Gasteiger partial charge in [0.25, 0.3) is 5.91 Å². The number of aromatic nitrogens is 1. The van der Waals surface area contributed by atoms with Crippen molar-refractivity contribution >= 4 is 34.2 Å². The summed E-state index contributed by atoms with van der Waals surface area (Å²) in [7, 11) is 0. The van der Waals surface area contributed by atoms with E-state index in [4.69, 9.17) is 0 Å². The fraction of sp³-hybridized carbons (Fsp3) is 0.333. The number of amides is 3. The van der Waals surface area contributed by atoms with Gasteiger partial charge in [-0.25, -0.2) is 4.98 Å². The smallest absolute Gasteiger partial charge is 0.254 e. The van der Waals surface area contributed by atoms with Crippen LogP contribution in [0.2, 0.25) is 0 Å². The summed E-state index contributed by atoms with van der Waals surface area (Å²) in [6.45, 7) is 2.44. The third-order valence-corrected chi connectivity index (χ3v) is 4.91. The van der Waals surface area contributed by atoms with Crippen LogP contribution in [0.3, 0.4) is 0 Å². The molecule has 136 valence electrons. The molecule has 1 aromatic heterocycles. The Morgan fingerprint density at radius 1 is 1.27 bits per heavy atom. The lowest BCUT2D eigenvalue weighted by Gasteiger charge is -2.23. The van der Waals surface area contributed by atoms with Crippen LogP contribution in [-0.4, -0.2) is 40.2 Å². The van der Waals surface area contributed by atoms with Crippen LogP contribution in [0.15, 0.2) is 35.8 Å². The van der Waals surface area contributed by atoms with Crippen LogP contribution in [-0.2, 0) is 16.1 Å². The maximum Gasteiger partial charge on any atom is 0.254 e. The van der Waals surface area contributed by atoms with Gasteiger partial charge in [0.15, 0.2) is 5.13 Å². The zero-order valence-corrected chi connectivity index (χ0v) is 15.2. The third kappa shape index (κ3) is 4.26. The molecule has 26 heavy (non-hydrogen) atoms. The topological polar surface area (TPSA) is 91.4 Å². The first-order valence-electron chi connectivity index (χ1n) is 8.39. The Bertz CT molecular complexity index is 789. The molecule has 1 aliphatic rings. The summed E-state index contributed by atoms with van der Waals surface area (Å²) in [6, 6.07) is 6.60. The lowest BCUT2D eigenvalue weighted by atomic mass is 10.1. The summed E-state index contributed by atoms with van der Waals surface area (Å²) >= 11 is 1.35. The second-order valence-corrected chi connectivity index (χ2v) is 6.98. The van der Waals surface area contributed by atoms with Crippen LogP contribution < -0.4 is 10.6 Å². The average Bonchev–Trinajstić information content (AvgIpc) is 3.31. The molecule has 1 unspecified atom stereocenters. The van der Waals surface area contributed by atoms with Gasteiger partial charge in [-0.2, -0.15) is 0 Å². The maximum absolute atomic E-state index is 12.8. The van der Waals surface area contributed by atoms with Crippen LogP contribution in [0.5, 0.6) is 0 Å². The fourth-order valence-corrected chi connectivity index (χ4v) is 3.45. The highest BCUT2D eigenvalue weighted by Crippen LogP contribution is 2.22. The Labute approximate surface area is 155 Å². The SMILES string of the molecule is CC(=O)NCc1ccc(C(=O)N2CCCC2C(=O)Nc2nccs2)cc1. The molecule has 1 atom stereocenters. The molecule has 1 saturated heterocycles. The highest BCUT2D eigenvalue weighted by atomic mass is 32.1. The average molecular weight is 372 g/mol. The van der Waals surface area contributed by atoms with Crippen LogP contribution in [0, 0.1) is 0 Å². The summed E-state index contributed by atoms with van der Waals surface area (Å²) in [5, 5.41) is 7.81. The number of anilines is 1. The Morgan fingerprint density at radius 2 is 2.04 bits per heavy atom. The molecule has 1 fully saturated rings. The van der Waals surface area contributed by atoms with Crippen molar-refractivity contribution in [1.29, 1.82) is 0 Å². The summed E-state index contributed by atoms with van der Waals surface area (Å²) in [5.74, 6) is -0.461. The Kier molecular flexibility index (Phi) is 5.62.